The topological polar surface area (TPSA) is 24.9 Å². The molecule has 0 saturated heterocycles. The summed E-state index contributed by atoms with van der Waals surface area (Å²) in [6, 6.07) is 0.801. The van der Waals surface area contributed by atoms with Crippen LogP contribution in [0.5, 0.6) is 0 Å². The lowest BCUT2D eigenvalue weighted by Crippen LogP contribution is -2.15. The van der Waals surface area contributed by atoms with E-state index in [9.17, 15) is 0 Å². The lowest BCUT2D eigenvalue weighted by Gasteiger charge is -2.18. The fraction of sp³-hybridized carbons (Fsp3) is 0.812. The zero-order valence-electron chi connectivity index (χ0n) is 12.1. The van der Waals surface area contributed by atoms with Gasteiger partial charge in [0.05, 0.1) is 10.7 Å². The van der Waals surface area contributed by atoms with Crippen LogP contribution in [0, 0.1) is 0 Å². The second kappa shape index (κ2) is 6.36. The molecule has 2 saturated carbocycles. The lowest BCUT2D eigenvalue weighted by molar-refractivity contribution is 0.442. The fourth-order valence-corrected chi connectivity index (χ4v) is 4.25. The van der Waals surface area contributed by atoms with Gasteiger partial charge in [-0.15, -0.1) is 11.3 Å². The van der Waals surface area contributed by atoms with E-state index < -0.39 is 0 Å². The average Bonchev–Trinajstić information content (AvgIpc) is 3.19. The first kappa shape index (κ1) is 13.6. The van der Waals surface area contributed by atoms with Crippen molar-refractivity contribution in [2.24, 2.45) is 0 Å². The summed E-state index contributed by atoms with van der Waals surface area (Å²) >= 11 is 2.00. The Kier molecular flexibility index (Phi) is 4.54. The molecule has 3 rings (SSSR count). The third-order valence-electron chi connectivity index (χ3n) is 4.36. The number of hydrogen-bond donors (Lipinski definition) is 1. The maximum Gasteiger partial charge on any atom is 0.0962 e. The number of aryl methyl sites for hydroxylation is 1. The Morgan fingerprint density at radius 3 is 2.63 bits per heavy atom. The molecule has 1 heterocycles. The van der Waals surface area contributed by atoms with Gasteiger partial charge in [0.15, 0.2) is 0 Å². The number of hydrogen-bond acceptors (Lipinski definition) is 3. The molecule has 1 N–H and O–H groups in total. The van der Waals surface area contributed by atoms with E-state index in [2.05, 4.69) is 12.2 Å². The van der Waals surface area contributed by atoms with Gasteiger partial charge in [0.2, 0.25) is 0 Å². The standard InChI is InChI=1S/C16H26N2S/c1-2-6-14-15(11-17-13-9-10-13)19-16(18-14)12-7-4-3-5-8-12/h12-13,17H,2-11H2,1H3. The van der Waals surface area contributed by atoms with E-state index in [-0.39, 0.29) is 0 Å². The van der Waals surface area contributed by atoms with Gasteiger partial charge in [-0.05, 0) is 32.1 Å². The van der Waals surface area contributed by atoms with Crippen molar-refractivity contribution in [1.29, 1.82) is 0 Å². The molecule has 3 heteroatoms. The molecule has 0 radical (unpaired) electrons. The highest BCUT2D eigenvalue weighted by atomic mass is 32.1. The summed E-state index contributed by atoms with van der Waals surface area (Å²) in [7, 11) is 0. The Morgan fingerprint density at radius 2 is 1.95 bits per heavy atom. The monoisotopic (exact) mass is 278 g/mol. The fourth-order valence-electron chi connectivity index (χ4n) is 3.02. The second-order valence-electron chi connectivity index (χ2n) is 6.16. The van der Waals surface area contributed by atoms with E-state index in [1.54, 1.807) is 0 Å². The van der Waals surface area contributed by atoms with Crippen molar-refractivity contribution < 1.29 is 0 Å². The molecule has 2 aliphatic rings. The third-order valence-corrected chi connectivity index (χ3v) is 5.62. The van der Waals surface area contributed by atoms with Crippen molar-refractivity contribution in [2.45, 2.75) is 83.2 Å². The summed E-state index contributed by atoms with van der Waals surface area (Å²) < 4.78 is 0. The molecule has 106 valence electrons. The molecule has 19 heavy (non-hydrogen) atoms. The number of aromatic nitrogens is 1. The van der Waals surface area contributed by atoms with Gasteiger partial charge in [0, 0.05) is 23.4 Å². The van der Waals surface area contributed by atoms with Crippen LogP contribution in [-0.2, 0) is 13.0 Å². The van der Waals surface area contributed by atoms with E-state index in [0.717, 1.165) is 24.9 Å². The van der Waals surface area contributed by atoms with Gasteiger partial charge in [-0.25, -0.2) is 4.98 Å². The highest BCUT2D eigenvalue weighted by Gasteiger charge is 2.23. The first-order chi connectivity index (χ1) is 9.36. The molecule has 0 aliphatic heterocycles. The SMILES string of the molecule is CCCc1nc(C2CCCCC2)sc1CNC1CC1. The minimum absolute atomic E-state index is 0.768. The first-order valence-corrected chi connectivity index (χ1v) is 8.90. The molecule has 2 fully saturated rings. The molecule has 0 aromatic carbocycles. The molecule has 2 nitrogen and oxygen atoms in total. The van der Waals surface area contributed by atoms with Crippen molar-refractivity contribution in [3.63, 3.8) is 0 Å². The molecule has 1 aromatic rings. The normalized spacial score (nSPS) is 20.9. The molecule has 1 aromatic heterocycles. The second-order valence-corrected chi connectivity index (χ2v) is 7.28. The van der Waals surface area contributed by atoms with Gasteiger partial charge < -0.3 is 5.32 Å². The Hall–Kier alpha value is -0.410. The highest BCUT2D eigenvalue weighted by molar-refractivity contribution is 7.11. The largest absolute Gasteiger partial charge is 0.309 e. The highest BCUT2D eigenvalue weighted by Crippen LogP contribution is 2.36. The first-order valence-electron chi connectivity index (χ1n) is 8.08. The van der Waals surface area contributed by atoms with Crippen LogP contribution in [0.2, 0.25) is 0 Å². The summed E-state index contributed by atoms with van der Waals surface area (Å²) in [4.78, 5) is 6.52. The zero-order chi connectivity index (χ0) is 13.1. The molecule has 0 unspecified atom stereocenters. The number of nitrogens with zero attached hydrogens (tertiary/aromatic N) is 1. The van der Waals surface area contributed by atoms with Crippen LogP contribution in [0.4, 0.5) is 0 Å². The molecule has 0 spiro atoms. The molecule has 0 atom stereocenters. The van der Waals surface area contributed by atoms with Crippen LogP contribution in [0.15, 0.2) is 0 Å². The summed E-state index contributed by atoms with van der Waals surface area (Å²) in [6.45, 7) is 3.32. The quantitative estimate of drug-likeness (QED) is 0.834. The van der Waals surface area contributed by atoms with Crippen LogP contribution < -0.4 is 5.32 Å². The van der Waals surface area contributed by atoms with Crippen molar-refractivity contribution in [1.82, 2.24) is 10.3 Å². The number of thiazole rings is 1. The van der Waals surface area contributed by atoms with Gasteiger partial charge in [0.1, 0.15) is 0 Å². The Bertz CT molecular complexity index is 403. The Labute approximate surface area is 121 Å². The van der Waals surface area contributed by atoms with Gasteiger partial charge >= 0.3 is 0 Å². The van der Waals surface area contributed by atoms with Gasteiger partial charge in [0.25, 0.3) is 0 Å². The van der Waals surface area contributed by atoms with Gasteiger partial charge in [-0.1, -0.05) is 32.6 Å². The number of rotatable bonds is 6. The summed E-state index contributed by atoms with van der Waals surface area (Å²) in [5, 5.41) is 5.10. The smallest absolute Gasteiger partial charge is 0.0962 e. The average molecular weight is 278 g/mol. The van der Waals surface area contributed by atoms with Crippen molar-refractivity contribution in [2.75, 3.05) is 0 Å². The minimum atomic E-state index is 0.768. The van der Waals surface area contributed by atoms with Gasteiger partial charge in [-0.2, -0.15) is 0 Å². The van der Waals surface area contributed by atoms with Crippen LogP contribution >= 0.6 is 11.3 Å². The van der Waals surface area contributed by atoms with Crippen molar-refractivity contribution in [3.05, 3.63) is 15.6 Å². The van der Waals surface area contributed by atoms with E-state index in [4.69, 9.17) is 4.98 Å². The summed E-state index contributed by atoms with van der Waals surface area (Å²) in [6.07, 6.45) is 12.1. The van der Waals surface area contributed by atoms with Crippen LogP contribution in [0.1, 0.15) is 79.8 Å². The third kappa shape index (κ3) is 3.57. The predicted molar refractivity (Wildman–Crippen MR) is 81.8 cm³/mol. The zero-order valence-corrected chi connectivity index (χ0v) is 12.9. The minimum Gasteiger partial charge on any atom is -0.309 e. The predicted octanol–water partition coefficient (Wildman–Crippen LogP) is 4.40. The molecule has 2 aliphatic carbocycles. The van der Waals surface area contributed by atoms with Crippen molar-refractivity contribution in [3.8, 4) is 0 Å². The van der Waals surface area contributed by atoms with E-state index in [0.29, 0.717) is 0 Å². The lowest BCUT2D eigenvalue weighted by atomic mass is 9.90. The Balaban J connectivity index is 1.70. The van der Waals surface area contributed by atoms with Crippen LogP contribution in [0.25, 0.3) is 0 Å². The summed E-state index contributed by atoms with van der Waals surface area (Å²) in [5.74, 6) is 0.768. The maximum absolute atomic E-state index is 5.00. The molecule has 0 amide bonds. The molecular formula is C16H26N2S. The van der Waals surface area contributed by atoms with E-state index in [1.807, 2.05) is 11.3 Å². The maximum atomic E-state index is 5.00. The van der Waals surface area contributed by atoms with Gasteiger partial charge in [-0.3, -0.25) is 0 Å². The van der Waals surface area contributed by atoms with Crippen LogP contribution in [-0.4, -0.2) is 11.0 Å². The molecular weight excluding hydrogens is 252 g/mol. The van der Waals surface area contributed by atoms with E-state index >= 15 is 0 Å². The Morgan fingerprint density at radius 1 is 1.16 bits per heavy atom. The van der Waals surface area contributed by atoms with E-state index in [1.165, 1.54) is 66.9 Å². The van der Waals surface area contributed by atoms with Crippen LogP contribution in [0.3, 0.4) is 0 Å². The summed E-state index contributed by atoms with van der Waals surface area (Å²) in [5.41, 5.74) is 1.39. The molecule has 0 bridgehead atoms. The van der Waals surface area contributed by atoms with Crippen molar-refractivity contribution >= 4 is 11.3 Å². The number of nitrogens with one attached hydrogen (secondary N) is 1.